The predicted octanol–water partition coefficient (Wildman–Crippen LogP) is 3.52. The number of para-hydroxylation sites is 1. The van der Waals surface area contributed by atoms with Gasteiger partial charge in [0.15, 0.2) is 0 Å². The fourth-order valence-corrected chi connectivity index (χ4v) is 2.25. The van der Waals surface area contributed by atoms with Crippen LogP contribution in [0.25, 0.3) is 10.9 Å². The number of benzene rings is 2. The molecule has 94 valence electrons. The van der Waals surface area contributed by atoms with E-state index in [2.05, 4.69) is 58.8 Å². The third-order valence-electron chi connectivity index (χ3n) is 3.23. The molecule has 0 atom stereocenters. The van der Waals surface area contributed by atoms with Crippen molar-refractivity contribution in [3.05, 3.63) is 78.0 Å². The minimum Gasteiger partial charge on any atom is -0.309 e. The number of fused-ring (bicyclic) bond motifs is 1. The van der Waals surface area contributed by atoms with E-state index in [-0.39, 0.29) is 0 Å². The highest BCUT2D eigenvalue weighted by Gasteiger charge is 2.00. The minimum atomic E-state index is 0.859. The number of pyridine rings is 1. The molecule has 1 N–H and O–H groups in total. The van der Waals surface area contributed by atoms with E-state index in [0.717, 1.165) is 18.6 Å². The Labute approximate surface area is 113 Å². The van der Waals surface area contributed by atoms with Crippen molar-refractivity contribution in [3.63, 3.8) is 0 Å². The van der Waals surface area contributed by atoms with E-state index in [1.807, 2.05) is 18.3 Å². The Morgan fingerprint density at radius 1 is 0.789 bits per heavy atom. The lowest BCUT2D eigenvalue weighted by molar-refractivity contribution is 0.696. The van der Waals surface area contributed by atoms with Crippen molar-refractivity contribution in [1.29, 1.82) is 0 Å². The molecular weight excluding hydrogens is 232 g/mol. The molecule has 19 heavy (non-hydrogen) atoms. The number of rotatable bonds is 4. The van der Waals surface area contributed by atoms with Crippen LogP contribution >= 0.6 is 0 Å². The van der Waals surface area contributed by atoms with Gasteiger partial charge in [-0.3, -0.25) is 4.98 Å². The van der Waals surface area contributed by atoms with Gasteiger partial charge in [-0.25, -0.2) is 0 Å². The maximum absolute atomic E-state index is 4.38. The van der Waals surface area contributed by atoms with Gasteiger partial charge in [0.1, 0.15) is 0 Å². The van der Waals surface area contributed by atoms with E-state index in [1.54, 1.807) is 0 Å². The fraction of sp³-hybridized carbons (Fsp3) is 0.118. The molecule has 0 bridgehead atoms. The first-order valence-corrected chi connectivity index (χ1v) is 6.51. The molecule has 3 rings (SSSR count). The van der Waals surface area contributed by atoms with Crippen molar-refractivity contribution in [2.75, 3.05) is 0 Å². The normalized spacial score (nSPS) is 10.7. The zero-order valence-corrected chi connectivity index (χ0v) is 10.7. The Hall–Kier alpha value is -2.19. The van der Waals surface area contributed by atoms with Crippen molar-refractivity contribution in [2.45, 2.75) is 13.1 Å². The summed E-state index contributed by atoms with van der Waals surface area (Å²) in [5.74, 6) is 0. The van der Waals surface area contributed by atoms with Crippen LogP contribution < -0.4 is 5.32 Å². The van der Waals surface area contributed by atoms with Gasteiger partial charge in [0, 0.05) is 24.7 Å². The van der Waals surface area contributed by atoms with E-state index in [4.69, 9.17) is 0 Å². The molecule has 0 amide bonds. The summed E-state index contributed by atoms with van der Waals surface area (Å²) < 4.78 is 0. The van der Waals surface area contributed by atoms with Gasteiger partial charge in [0.25, 0.3) is 0 Å². The maximum Gasteiger partial charge on any atom is 0.0705 e. The third-order valence-corrected chi connectivity index (χ3v) is 3.23. The molecule has 0 saturated heterocycles. The SMILES string of the molecule is c1ccc(CNCc2ccnc3ccccc23)cc1. The first-order valence-electron chi connectivity index (χ1n) is 6.51. The van der Waals surface area contributed by atoms with E-state index in [0.29, 0.717) is 0 Å². The molecule has 2 aromatic carbocycles. The smallest absolute Gasteiger partial charge is 0.0705 e. The Balaban J connectivity index is 1.72. The van der Waals surface area contributed by atoms with Crippen LogP contribution in [0, 0.1) is 0 Å². The van der Waals surface area contributed by atoms with Gasteiger partial charge in [0.2, 0.25) is 0 Å². The minimum absolute atomic E-state index is 0.859. The fourth-order valence-electron chi connectivity index (χ4n) is 2.25. The molecule has 0 unspecified atom stereocenters. The number of nitrogens with one attached hydrogen (secondary N) is 1. The van der Waals surface area contributed by atoms with E-state index >= 15 is 0 Å². The van der Waals surface area contributed by atoms with Gasteiger partial charge >= 0.3 is 0 Å². The van der Waals surface area contributed by atoms with Gasteiger partial charge in [-0.2, -0.15) is 0 Å². The highest BCUT2D eigenvalue weighted by Crippen LogP contribution is 2.15. The van der Waals surface area contributed by atoms with Crippen LogP contribution in [0.1, 0.15) is 11.1 Å². The van der Waals surface area contributed by atoms with Crippen molar-refractivity contribution in [3.8, 4) is 0 Å². The van der Waals surface area contributed by atoms with Gasteiger partial charge in [-0.15, -0.1) is 0 Å². The standard InChI is InChI=1S/C17H16N2/c1-2-6-14(7-3-1)12-18-13-15-10-11-19-17-9-5-4-8-16(15)17/h1-11,18H,12-13H2. The second kappa shape index (κ2) is 5.63. The van der Waals surface area contributed by atoms with Crippen LogP contribution in [0.2, 0.25) is 0 Å². The Bertz CT molecular complexity index is 657. The van der Waals surface area contributed by atoms with Gasteiger partial charge in [-0.1, -0.05) is 48.5 Å². The molecule has 0 radical (unpaired) electrons. The van der Waals surface area contributed by atoms with Crippen molar-refractivity contribution < 1.29 is 0 Å². The molecule has 0 saturated carbocycles. The topological polar surface area (TPSA) is 24.9 Å². The summed E-state index contributed by atoms with van der Waals surface area (Å²) in [6.45, 7) is 1.75. The highest BCUT2D eigenvalue weighted by molar-refractivity contribution is 5.81. The molecule has 1 heterocycles. The number of aromatic nitrogens is 1. The average Bonchev–Trinajstić information content (AvgIpc) is 2.49. The first-order chi connectivity index (χ1) is 9.43. The van der Waals surface area contributed by atoms with Crippen LogP contribution in [0.4, 0.5) is 0 Å². The molecule has 0 aliphatic heterocycles. The average molecular weight is 248 g/mol. The molecule has 0 spiro atoms. The summed E-state index contributed by atoms with van der Waals surface area (Å²) in [6.07, 6.45) is 1.88. The molecule has 2 nitrogen and oxygen atoms in total. The Morgan fingerprint density at radius 2 is 1.58 bits per heavy atom. The maximum atomic E-state index is 4.38. The van der Waals surface area contributed by atoms with E-state index in [9.17, 15) is 0 Å². The number of hydrogen-bond donors (Lipinski definition) is 1. The lowest BCUT2D eigenvalue weighted by atomic mass is 10.1. The monoisotopic (exact) mass is 248 g/mol. The van der Waals surface area contributed by atoms with Crippen molar-refractivity contribution >= 4 is 10.9 Å². The van der Waals surface area contributed by atoms with Crippen LogP contribution in [0.3, 0.4) is 0 Å². The zero-order chi connectivity index (χ0) is 12.9. The molecule has 0 aliphatic rings. The highest BCUT2D eigenvalue weighted by atomic mass is 14.8. The summed E-state index contributed by atoms with van der Waals surface area (Å²) in [5.41, 5.74) is 3.66. The van der Waals surface area contributed by atoms with Crippen molar-refractivity contribution in [2.24, 2.45) is 0 Å². The zero-order valence-electron chi connectivity index (χ0n) is 10.7. The lowest BCUT2D eigenvalue weighted by Crippen LogP contribution is -2.12. The first kappa shape index (κ1) is 11.9. The summed E-state index contributed by atoms with van der Waals surface area (Å²) in [4.78, 5) is 4.38. The molecule has 3 aromatic rings. The summed E-state index contributed by atoms with van der Waals surface area (Å²) in [7, 11) is 0. The van der Waals surface area contributed by atoms with Crippen LogP contribution in [0.5, 0.6) is 0 Å². The molecule has 2 heteroatoms. The Morgan fingerprint density at radius 3 is 2.47 bits per heavy atom. The number of nitrogens with zero attached hydrogens (tertiary/aromatic N) is 1. The van der Waals surface area contributed by atoms with Crippen LogP contribution in [-0.2, 0) is 13.1 Å². The Kier molecular flexibility index (Phi) is 3.52. The second-order valence-corrected chi connectivity index (χ2v) is 4.58. The van der Waals surface area contributed by atoms with Gasteiger partial charge < -0.3 is 5.32 Å². The third kappa shape index (κ3) is 2.80. The lowest BCUT2D eigenvalue weighted by Gasteiger charge is -2.07. The van der Waals surface area contributed by atoms with E-state index in [1.165, 1.54) is 16.5 Å². The molecule has 0 fully saturated rings. The second-order valence-electron chi connectivity index (χ2n) is 4.58. The largest absolute Gasteiger partial charge is 0.309 e. The quantitative estimate of drug-likeness (QED) is 0.764. The summed E-state index contributed by atoms with van der Waals surface area (Å²) in [5, 5.41) is 4.71. The molecule has 0 aliphatic carbocycles. The molecular formula is C17H16N2. The summed E-state index contributed by atoms with van der Waals surface area (Å²) in [6, 6.07) is 20.8. The van der Waals surface area contributed by atoms with Crippen LogP contribution in [-0.4, -0.2) is 4.98 Å². The van der Waals surface area contributed by atoms with Crippen LogP contribution in [0.15, 0.2) is 66.9 Å². The molecule has 1 aromatic heterocycles. The predicted molar refractivity (Wildman–Crippen MR) is 78.7 cm³/mol. The summed E-state index contributed by atoms with van der Waals surface area (Å²) >= 11 is 0. The van der Waals surface area contributed by atoms with Crippen molar-refractivity contribution in [1.82, 2.24) is 10.3 Å². The van der Waals surface area contributed by atoms with Gasteiger partial charge in [0.05, 0.1) is 5.52 Å². The van der Waals surface area contributed by atoms with Gasteiger partial charge in [-0.05, 0) is 23.3 Å². The number of hydrogen-bond acceptors (Lipinski definition) is 2. The van der Waals surface area contributed by atoms with E-state index < -0.39 is 0 Å².